The Hall–Kier alpha value is -1.56. The second-order valence-electron chi connectivity index (χ2n) is 6.17. The third-order valence-corrected chi connectivity index (χ3v) is 4.12. The predicted molar refractivity (Wildman–Crippen MR) is 83.3 cm³/mol. The molecule has 6 nitrogen and oxygen atoms in total. The van der Waals surface area contributed by atoms with Crippen LogP contribution in [0.25, 0.3) is 0 Å². The van der Waals surface area contributed by atoms with Gasteiger partial charge < -0.3 is 15.5 Å². The van der Waals surface area contributed by atoms with Crippen molar-refractivity contribution < 1.29 is 46.1 Å². The summed E-state index contributed by atoms with van der Waals surface area (Å²) >= 11 is 0. The molecule has 2 aliphatic rings. The Kier molecular flexibility index (Phi) is 10.7. The second kappa shape index (κ2) is 11.3. The van der Waals surface area contributed by atoms with Crippen LogP contribution >= 0.6 is 0 Å². The van der Waals surface area contributed by atoms with Crippen LogP contribution < -0.4 is 5.32 Å². The van der Waals surface area contributed by atoms with Gasteiger partial charge in [-0.3, -0.25) is 4.90 Å². The maximum absolute atomic E-state index is 10.6. The smallest absolute Gasteiger partial charge is 0.475 e. The van der Waals surface area contributed by atoms with Gasteiger partial charge >= 0.3 is 24.3 Å². The Morgan fingerprint density at radius 2 is 1.30 bits per heavy atom. The average molecular weight is 410 g/mol. The third kappa shape index (κ3) is 11.0. The monoisotopic (exact) mass is 410 g/mol. The zero-order chi connectivity index (χ0) is 21.3. The van der Waals surface area contributed by atoms with Gasteiger partial charge in [0.15, 0.2) is 0 Å². The number of halogens is 6. The molecule has 0 aliphatic carbocycles. The molecular formula is C15H24F6N2O4. The minimum atomic E-state index is -5.08. The average Bonchev–Trinajstić information content (AvgIpc) is 2.55. The van der Waals surface area contributed by atoms with Gasteiger partial charge in [-0.2, -0.15) is 26.3 Å². The molecule has 160 valence electrons. The van der Waals surface area contributed by atoms with Crippen LogP contribution in [0.15, 0.2) is 0 Å². The van der Waals surface area contributed by atoms with E-state index in [-0.39, 0.29) is 0 Å². The first kappa shape index (κ1) is 25.4. The fourth-order valence-corrected chi connectivity index (χ4v) is 2.80. The number of nitrogens with zero attached hydrogens (tertiary/aromatic N) is 1. The van der Waals surface area contributed by atoms with Crippen molar-refractivity contribution in [3.8, 4) is 0 Å². The van der Waals surface area contributed by atoms with Crippen molar-refractivity contribution in [2.24, 2.45) is 0 Å². The summed E-state index contributed by atoms with van der Waals surface area (Å²) in [5.41, 5.74) is 0. The lowest BCUT2D eigenvalue weighted by Gasteiger charge is -2.41. The molecule has 0 aromatic carbocycles. The number of piperidine rings is 2. The summed E-state index contributed by atoms with van der Waals surface area (Å²) in [5.74, 6) is -5.51. The largest absolute Gasteiger partial charge is 0.490 e. The molecule has 12 heteroatoms. The Morgan fingerprint density at radius 1 is 0.889 bits per heavy atom. The van der Waals surface area contributed by atoms with Gasteiger partial charge in [0.2, 0.25) is 0 Å². The minimum Gasteiger partial charge on any atom is -0.475 e. The van der Waals surface area contributed by atoms with E-state index in [9.17, 15) is 26.3 Å². The van der Waals surface area contributed by atoms with E-state index >= 15 is 0 Å². The maximum atomic E-state index is 10.6. The number of rotatable bonds is 1. The Labute approximate surface area is 152 Å². The lowest BCUT2D eigenvalue weighted by molar-refractivity contribution is -0.193. The van der Waals surface area contributed by atoms with E-state index in [2.05, 4.69) is 17.1 Å². The molecule has 0 radical (unpaired) electrons. The number of hydrogen-bond donors (Lipinski definition) is 3. The highest BCUT2D eigenvalue weighted by Crippen LogP contribution is 2.23. The molecule has 0 saturated carbocycles. The summed E-state index contributed by atoms with van der Waals surface area (Å²) in [7, 11) is 0. The van der Waals surface area contributed by atoms with Crippen LogP contribution in [0.2, 0.25) is 0 Å². The molecule has 0 aromatic heterocycles. The number of hydrogen-bond acceptors (Lipinski definition) is 4. The van der Waals surface area contributed by atoms with Crippen molar-refractivity contribution in [3.05, 3.63) is 0 Å². The van der Waals surface area contributed by atoms with E-state index in [1.807, 2.05) is 0 Å². The van der Waals surface area contributed by atoms with Gasteiger partial charge in [-0.25, -0.2) is 9.59 Å². The van der Waals surface area contributed by atoms with E-state index < -0.39 is 24.3 Å². The summed E-state index contributed by atoms with van der Waals surface area (Å²) in [6.45, 7) is 6.22. The molecule has 2 aliphatic heterocycles. The predicted octanol–water partition coefficient (Wildman–Crippen LogP) is 2.88. The van der Waals surface area contributed by atoms with Gasteiger partial charge in [-0.15, -0.1) is 0 Å². The van der Waals surface area contributed by atoms with Gasteiger partial charge in [-0.05, 0) is 52.2 Å². The van der Waals surface area contributed by atoms with Crippen LogP contribution in [0.3, 0.4) is 0 Å². The number of alkyl halides is 6. The Bertz CT molecular complexity index is 440. The van der Waals surface area contributed by atoms with E-state index in [0.717, 1.165) is 12.1 Å². The van der Waals surface area contributed by atoms with Crippen LogP contribution in [-0.4, -0.2) is 71.1 Å². The molecule has 27 heavy (non-hydrogen) atoms. The van der Waals surface area contributed by atoms with Crippen molar-refractivity contribution in [2.75, 3.05) is 19.6 Å². The van der Waals surface area contributed by atoms with Crippen LogP contribution in [0, 0.1) is 0 Å². The van der Waals surface area contributed by atoms with Crippen LogP contribution in [0.5, 0.6) is 0 Å². The normalized spacial score (nSPS) is 22.0. The van der Waals surface area contributed by atoms with E-state index in [1.165, 1.54) is 51.7 Å². The number of nitrogens with one attached hydrogen (secondary N) is 1. The summed E-state index contributed by atoms with van der Waals surface area (Å²) in [6.07, 6.45) is -3.14. The first-order valence-corrected chi connectivity index (χ1v) is 8.33. The standard InChI is InChI=1S/C11H22N2.2C2HF3O2/c1-10-4-2-3-9-13(10)11-5-7-12-8-6-11;2*3-2(4,5)1(6)7/h10-12H,2-9H2,1H3;2*(H,6,7). The molecule has 2 rings (SSSR count). The number of carboxylic acids is 2. The summed E-state index contributed by atoms with van der Waals surface area (Å²) in [5, 5.41) is 17.7. The first-order chi connectivity index (χ1) is 12.3. The van der Waals surface area contributed by atoms with Gasteiger partial charge in [0.25, 0.3) is 0 Å². The quantitative estimate of drug-likeness (QED) is 0.576. The Balaban J connectivity index is 0.000000416. The topological polar surface area (TPSA) is 89.9 Å². The van der Waals surface area contributed by atoms with Gasteiger partial charge in [-0.1, -0.05) is 6.42 Å². The van der Waals surface area contributed by atoms with Crippen molar-refractivity contribution in [2.45, 2.75) is 63.5 Å². The zero-order valence-corrected chi connectivity index (χ0v) is 14.7. The zero-order valence-electron chi connectivity index (χ0n) is 14.7. The first-order valence-electron chi connectivity index (χ1n) is 8.33. The SMILES string of the molecule is CC1CCCCN1C1CCNCC1.O=C(O)C(F)(F)F.O=C(O)C(F)(F)F. The number of carbonyl (C=O) groups is 2. The highest BCUT2D eigenvalue weighted by atomic mass is 19.4. The minimum absolute atomic E-state index is 0.844. The molecule has 2 fully saturated rings. The van der Waals surface area contributed by atoms with Crippen molar-refractivity contribution in [1.82, 2.24) is 10.2 Å². The molecule has 1 atom stereocenters. The van der Waals surface area contributed by atoms with E-state index in [0.29, 0.717) is 0 Å². The molecule has 0 bridgehead atoms. The third-order valence-electron chi connectivity index (χ3n) is 4.12. The fraction of sp³-hybridized carbons (Fsp3) is 0.867. The number of carboxylic acid groups (broad SMARTS) is 2. The second-order valence-corrected chi connectivity index (χ2v) is 6.17. The molecular weight excluding hydrogens is 386 g/mol. The molecule has 0 spiro atoms. The van der Waals surface area contributed by atoms with Gasteiger partial charge in [0.05, 0.1) is 0 Å². The molecule has 0 aromatic rings. The fourth-order valence-electron chi connectivity index (χ4n) is 2.80. The van der Waals surface area contributed by atoms with Crippen molar-refractivity contribution in [3.63, 3.8) is 0 Å². The van der Waals surface area contributed by atoms with Gasteiger partial charge in [0.1, 0.15) is 0 Å². The van der Waals surface area contributed by atoms with Crippen molar-refractivity contribution >= 4 is 11.9 Å². The lowest BCUT2D eigenvalue weighted by Crippen LogP contribution is -2.49. The van der Waals surface area contributed by atoms with Crippen LogP contribution in [-0.2, 0) is 9.59 Å². The molecule has 1 unspecified atom stereocenters. The summed E-state index contributed by atoms with van der Waals surface area (Å²) in [6, 6.07) is 1.73. The summed E-state index contributed by atoms with van der Waals surface area (Å²) in [4.78, 5) is 20.5. The highest BCUT2D eigenvalue weighted by molar-refractivity contribution is 5.73. The summed E-state index contributed by atoms with van der Waals surface area (Å²) < 4.78 is 63.5. The van der Waals surface area contributed by atoms with Crippen LogP contribution in [0.4, 0.5) is 26.3 Å². The lowest BCUT2D eigenvalue weighted by atomic mass is 9.97. The number of aliphatic carboxylic acids is 2. The van der Waals surface area contributed by atoms with Crippen molar-refractivity contribution in [1.29, 1.82) is 0 Å². The molecule has 2 saturated heterocycles. The van der Waals surface area contributed by atoms with E-state index in [4.69, 9.17) is 19.8 Å². The molecule has 2 heterocycles. The molecule has 3 N–H and O–H groups in total. The Morgan fingerprint density at radius 3 is 1.63 bits per heavy atom. The maximum Gasteiger partial charge on any atom is 0.490 e. The van der Waals surface area contributed by atoms with E-state index in [1.54, 1.807) is 0 Å². The van der Waals surface area contributed by atoms with Gasteiger partial charge in [0, 0.05) is 12.1 Å². The molecule has 0 amide bonds. The number of likely N-dealkylation sites (tertiary alicyclic amines) is 1. The van der Waals surface area contributed by atoms with Crippen LogP contribution in [0.1, 0.15) is 39.0 Å². The highest BCUT2D eigenvalue weighted by Gasteiger charge is 2.38.